The molecule has 1 amide bonds. The van der Waals surface area contributed by atoms with E-state index in [9.17, 15) is 4.79 Å². The fraction of sp³-hybridized carbons (Fsp3) is 0.350. The first-order chi connectivity index (χ1) is 11.5. The van der Waals surface area contributed by atoms with E-state index in [1.807, 2.05) is 69.3 Å². The van der Waals surface area contributed by atoms with Gasteiger partial charge < -0.3 is 15.8 Å². The topological polar surface area (TPSA) is 64.3 Å². The van der Waals surface area contributed by atoms with Crippen molar-refractivity contribution in [1.82, 2.24) is 5.32 Å². The molecule has 3 N–H and O–H groups in total. The molecule has 0 spiro atoms. The lowest BCUT2D eigenvalue weighted by atomic mass is 10.1. The van der Waals surface area contributed by atoms with Crippen molar-refractivity contribution in [1.29, 1.82) is 0 Å². The van der Waals surface area contributed by atoms with Gasteiger partial charge in [-0.2, -0.15) is 0 Å². The van der Waals surface area contributed by atoms with E-state index < -0.39 is 0 Å². The van der Waals surface area contributed by atoms with Crippen molar-refractivity contribution in [2.45, 2.75) is 45.8 Å². The van der Waals surface area contributed by atoms with Gasteiger partial charge in [0.05, 0.1) is 12.1 Å². The third kappa shape index (κ3) is 6.67. The van der Waals surface area contributed by atoms with Gasteiger partial charge in [-0.1, -0.05) is 30.3 Å². The molecule has 0 saturated heterocycles. The predicted octanol–water partition coefficient (Wildman–Crippen LogP) is 4.29. The number of benzene rings is 2. The van der Waals surface area contributed by atoms with E-state index in [1.54, 1.807) is 0 Å². The number of hydrogen-bond acceptors (Lipinski definition) is 3. The van der Waals surface area contributed by atoms with Gasteiger partial charge in [0.1, 0.15) is 5.75 Å². The summed E-state index contributed by atoms with van der Waals surface area (Å²) in [6.07, 6.45) is 1.18. The van der Waals surface area contributed by atoms with Gasteiger partial charge in [-0.3, -0.25) is 4.79 Å². The molecule has 4 nitrogen and oxygen atoms in total. The fourth-order valence-corrected chi connectivity index (χ4v) is 2.54. The van der Waals surface area contributed by atoms with Gasteiger partial charge in [-0.15, -0.1) is 12.4 Å². The van der Waals surface area contributed by atoms with Gasteiger partial charge in [0.25, 0.3) is 0 Å². The molecule has 0 aliphatic carbocycles. The number of amides is 1. The van der Waals surface area contributed by atoms with Crippen LogP contribution in [0, 0.1) is 0 Å². The molecule has 2 aromatic rings. The lowest BCUT2D eigenvalue weighted by molar-refractivity contribution is -0.121. The summed E-state index contributed by atoms with van der Waals surface area (Å²) in [5.41, 5.74) is 8.68. The largest absolute Gasteiger partial charge is 0.491 e. The lowest BCUT2D eigenvalue weighted by Gasteiger charge is -2.17. The van der Waals surface area contributed by atoms with Crippen molar-refractivity contribution in [3.63, 3.8) is 0 Å². The molecule has 0 aromatic heterocycles. The number of nitrogen functional groups attached to an aromatic ring is 1. The maximum absolute atomic E-state index is 12.2. The normalized spacial score (nSPS) is 11.5. The zero-order valence-corrected chi connectivity index (χ0v) is 15.8. The Labute approximate surface area is 156 Å². The molecule has 0 aliphatic rings. The van der Waals surface area contributed by atoms with Crippen LogP contribution in [0.1, 0.15) is 44.4 Å². The van der Waals surface area contributed by atoms with Crippen molar-refractivity contribution in [3.8, 4) is 5.75 Å². The molecule has 0 heterocycles. The van der Waals surface area contributed by atoms with Crippen LogP contribution in [-0.2, 0) is 11.2 Å². The average Bonchev–Trinajstić information content (AvgIpc) is 2.53. The monoisotopic (exact) mass is 362 g/mol. The molecule has 0 radical (unpaired) electrons. The quantitative estimate of drug-likeness (QED) is 0.722. The van der Waals surface area contributed by atoms with Crippen LogP contribution in [0.5, 0.6) is 5.75 Å². The summed E-state index contributed by atoms with van der Waals surface area (Å²) in [4.78, 5) is 12.2. The van der Waals surface area contributed by atoms with E-state index in [0.717, 1.165) is 22.6 Å². The molecular formula is C20H27ClN2O2. The Bertz CT molecular complexity index is 689. The van der Waals surface area contributed by atoms with Crippen LogP contribution < -0.4 is 15.8 Å². The number of rotatable bonds is 7. The highest BCUT2D eigenvalue weighted by Crippen LogP contribution is 2.20. The van der Waals surface area contributed by atoms with Crippen LogP contribution in [0.15, 0.2) is 48.5 Å². The van der Waals surface area contributed by atoms with E-state index in [2.05, 4.69) is 5.32 Å². The molecule has 2 rings (SSSR count). The summed E-state index contributed by atoms with van der Waals surface area (Å²) in [6, 6.07) is 15.4. The van der Waals surface area contributed by atoms with Gasteiger partial charge in [-0.05, 0) is 56.5 Å². The maximum atomic E-state index is 12.2. The zero-order valence-electron chi connectivity index (χ0n) is 15.0. The summed E-state index contributed by atoms with van der Waals surface area (Å²) >= 11 is 0. The molecule has 0 fully saturated rings. The molecule has 0 aliphatic heterocycles. The standard InChI is InChI=1S/C20H26N2O2.ClH/c1-14(2)24-18-9-6-8-17(13-18)15(3)22-20(23)12-11-16-7-4-5-10-19(16)21;/h4-10,13-15H,11-12,21H2,1-3H3,(H,22,23);1H. The molecule has 25 heavy (non-hydrogen) atoms. The highest BCUT2D eigenvalue weighted by molar-refractivity contribution is 5.85. The molecule has 0 saturated carbocycles. The Morgan fingerprint density at radius 2 is 1.84 bits per heavy atom. The van der Waals surface area contributed by atoms with E-state index in [-0.39, 0.29) is 30.5 Å². The average molecular weight is 363 g/mol. The summed E-state index contributed by atoms with van der Waals surface area (Å²) < 4.78 is 5.70. The molecule has 2 aromatic carbocycles. The predicted molar refractivity (Wildman–Crippen MR) is 105 cm³/mol. The number of anilines is 1. The molecule has 1 unspecified atom stereocenters. The Kier molecular flexibility index (Phi) is 8.29. The highest BCUT2D eigenvalue weighted by Gasteiger charge is 2.11. The van der Waals surface area contributed by atoms with Crippen LogP contribution in [0.2, 0.25) is 0 Å². The Balaban J connectivity index is 0.00000312. The number of hydrogen-bond donors (Lipinski definition) is 2. The van der Waals surface area contributed by atoms with Crippen molar-refractivity contribution in [3.05, 3.63) is 59.7 Å². The minimum atomic E-state index is -0.0682. The van der Waals surface area contributed by atoms with Crippen LogP contribution in [-0.4, -0.2) is 12.0 Å². The second kappa shape index (κ2) is 9.94. The molecule has 5 heteroatoms. The number of carbonyl (C=O) groups is 1. The van der Waals surface area contributed by atoms with E-state index >= 15 is 0 Å². The van der Waals surface area contributed by atoms with Gasteiger partial charge in [0.15, 0.2) is 0 Å². The first kappa shape index (κ1) is 20.8. The van der Waals surface area contributed by atoms with E-state index in [1.165, 1.54) is 0 Å². The summed E-state index contributed by atoms with van der Waals surface area (Å²) in [5.74, 6) is 0.835. The number of halogens is 1. The van der Waals surface area contributed by atoms with Gasteiger partial charge in [0, 0.05) is 12.1 Å². The minimum Gasteiger partial charge on any atom is -0.491 e. The smallest absolute Gasteiger partial charge is 0.220 e. The Hall–Kier alpha value is -2.20. The highest BCUT2D eigenvalue weighted by atomic mass is 35.5. The van der Waals surface area contributed by atoms with E-state index in [4.69, 9.17) is 10.5 Å². The minimum absolute atomic E-state index is 0. The summed E-state index contributed by atoms with van der Waals surface area (Å²) in [7, 11) is 0. The van der Waals surface area contributed by atoms with Crippen molar-refractivity contribution >= 4 is 24.0 Å². The Morgan fingerprint density at radius 3 is 2.52 bits per heavy atom. The number of nitrogens with two attached hydrogens (primary N) is 1. The number of ether oxygens (including phenoxy) is 1. The molecule has 0 bridgehead atoms. The maximum Gasteiger partial charge on any atom is 0.220 e. The third-order valence-electron chi connectivity index (χ3n) is 3.78. The summed E-state index contributed by atoms with van der Waals surface area (Å²) in [5, 5.41) is 3.03. The van der Waals surface area contributed by atoms with Gasteiger partial charge >= 0.3 is 0 Å². The second-order valence-electron chi connectivity index (χ2n) is 6.23. The summed E-state index contributed by atoms with van der Waals surface area (Å²) in [6.45, 7) is 5.96. The number of aryl methyl sites for hydroxylation is 1. The first-order valence-electron chi connectivity index (χ1n) is 8.35. The first-order valence-corrected chi connectivity index (χ1v) is 8.35. The van der Waals surface area contributed by atoms with Crippen LogP contribution in [0.3, 0.4) is 0 Å². The van der Waals surface area contributed by atoms with Crippen molar-refractivity contribution in [2.75, 3.05) is 5.73 Å². The lowest BCUT2D eigenvalue weighted by Crippen LogP contribution is -2.26. The number of para-hydroxylation sites is 1. The Morgan fingerprint density at radius 1 is 1.12 bits per heavy atom. The van der Waals surface area contributed by atoms with Crippen LogP contribution in [0.4, 0.5) is 5.69 Å². The van der Waals surface area contributed by atoms with Gasteiger partial charge in [0.2, 0.25) is 5.91 Å². The number of carbonyl (C=O) groups excluding carboxylic acids is 1. The zero-order chi connectivity index (χ0) is 17.5. The van der Waals surface area contributed by atoms with Gasteiger partial charge in [-0.25, -0.2) is 0 Å². The molecule has 1 atom stereocenters. The van der Waals surface area contributed by atoms with Crippen molar-refractivity contribution in [2.24, 2.45) is 0 Å². The molecular weight excluding hydrogens is 336 g/mol. The second-order valence-corrected chi connectivity index (χ2v) is 6.23. The number of nitrogens with one attached hydrogen (secondary N) is 1. The van der Waals surface area contributed by atoms with Crippen LogP contribution in [0.25, 0.3) is 0 Å². The SMILES string of the molecule is CC(C)Oc1cccc(C(C)NC(=O)CCc2ccccc2N)c1.Cl. The fourth-order valence-electron chi connectivity index (χ4n) is 2.54. The molecule has 136 valence electrons. The van der Waals surface area contributed by atoms with Crippen molar-refractivity contribution < 1.29 is 9.53 Å². The van der Waals surface area contributed by atoms with E-state index in [0.29, 0.717) is 12.8 Å². The third-order valence-corrected chi connectivity index (χ3v) is 3.78. The van der Waals surface area contributed by atoms with Crippen LogP contribution >= 0.6 is 12.4 Å².